The molecule has 8 atom stereocenters. The van der Waals surface area contributed by atoms with Crippen LogP contribution in [-0.2, 0) is 75.9 Å². The number of Topliss-reactive ketones (excluding diaryl/α,β-unsaturated/α-hetero) is 3. The van der Waals surface area contributed by atoms with Crippen LogP contribution in [0.2, 0.25) is 0 Å². The molecule has 4 aromatic heterocycles. The minimum Gasteiger partial charge on any atom is -0.512 e. The number of hydrogen-bond acceptors (Lipinski definition) is 28. The van der Waals surface area contributed by atoms with E-state index in [1.807, 2.05) is 58.6 Å². The van der Waals surface area contributed by atoms with Crippen LogP contribution >= 0.6 is 0 Å². The molecule has 4 aromatic rings. The van der Waals surface area contributed by atoms with Crippen molar-refractivity contribution in [1.82, 2.24) is 59.1 Å². The number of carboxylic acids is 8. The van der Waals surface area contributed by atoms with Gasteiger partial charge in [-0.2, -0.15) is 0 Å². The molecule has 4 heterocycles. The number of aromatic nitrogens is 4. The number of rotatable bonds is 49. The first-order chi connectivity index (χ1) is 60.4. The van der Waals surface area contributed by atoms with Crippen LogP contribution in [0.4, 0.5) is 0 Å². The van der Waals surface area contributed by atoms with E-state index >= 15 is 0 Å². The Morgan fingerprint density at radius 3 is 0.914 bits per heavy atom. The lowest BCUT2D eigenvalue weighted by Crippen LogP contribution is -2.55. The van der Waals surface area contributed by atoms with Gasteiger partial charge in [0.2, 0.25) is 0 Å². The molecule has 4 fully saturated rings. The molecule has 0 saturated heterocycles. The highest BCUT2D eigenvalue weighted by Crippen LogP contribution is 2.35. The first-order valence-corrected chi connectivity index (χ1v) is 43.6. The van der Waals surface area contributed by atoms with Gasteiger partial charge in [0.25, 0.3) is 0 Å². The predicted molar refractivity (Wildman–Crippen MR) is 475 cm³/mol. The molecule has 706 valence electrons. The normalized spacial score (nSPS) is 18.8. The van der Waals surface area contributed by atoms with Crippen LogP contribution in [0.5, 0.6) is 0 Å². The quantitative estimate of drug-likeness (QED) is 0.0144. The van der Waals surface area contributed by atoms with E-state index in [9.17, 15) is 114 Å². The molecule has 0 bridgehead atoms. The molecule has 128 heavy (non-hydrogen) atoms. The smallest absolute Gasteiger partial charge is 0.317 e. The van der Waals surface area contributed by atoms with Gasteiger partial charge in [-0.25, -0.2) is 0 Å². The lowest BCUT2D eigenvalue weighted by Gasteiger charge is -2.44. The highest BCUT2D eigenvalue weighted by Gasteiger charge is 2.42. The topological polar surface area (TPSA) is 517 Å². The van der Waals surface area contributed by atoms with E-state index in [1.54, 1.807) is 103 Å². The lowest BCUT2D eigenvalue weighted by atomic mass is 9.87. The van der Waals surface area contributed by atoms with E-state index in [0.29, 0.717) is 85.4 Å². The number of carboxylic acid groups (broad SMARTS) is 8. The Kier molecular flexibility index (Phi) is 45.8. The summed E-state index contributed by atoms with van der Waals surface area (Å²) in [5.74, 6) is -9.17. The molecule has 4 unspecified atom stereocenters. The van der Waals surface area contributed by atoms with Crippen LogP contribution in [0.15, 0.2) is 123 Å². The molecule has 36 heteroatoms. The van der Waals surface area contributed by atoms with Gasteiger partial charge in [-0.05, 0) is 113 Å². The molecule has 4 saturated carbocycles. The van der Waals surface area contributed by atoms with Crippen LogP contribution in [-0.4, -0.2) is 318 Å². The fraction of sp³-hybridized carbons (Fsp3) is 0.576. The second kappa shape index (κ2) is 54.5. The van der Waals surface area contributed by atoms with Gasteiger partial charge in [0.1, 0.15) is 0 Å². The van der Waals surface area contributed by atoms with E-state index in [-0.39, 0.29) is 211 Å². The zero-order valence-corrected chi connectivity index (χ0v) is 75.2. The monoisotopic (exact) mass is 1790 g/mol. The maximum atomic E-state index is 12.7. The molecule has 0 amide bonds. The van der Waals surface area contributed by atoms with Crippen LogP contribution < -0.4 is 0 Å². The molecular formula is C92H134N12O24. The number of ether oxygens (including phenoxy) is 1. The summed E-state index contributed by atoms with van der Waals surface area (Å²) < 4.78 is 5.59. The van der Waals surface area contributed by atoms with E-state index in [0.717, 1.165) is 75.5 Å². The Hall–Kier alpha value is -10.8. The van der Waals surface area contributed by atoms with Crippen molar-refractivity contribution >= 4 is 65.1 Å². The van der Waals surface area contributed by atoms with Gasteiger partial charge in [-0.15, -0.1) is 0 Å². The van der Waals surface area contributed by atoms with Crippen molar-refractivity contribution in [2.75, 3.05) is 78.5 Å². The van der Waals surface area contributed by atoms with Crippen molar-refractivity contribution in [3.8, 4) is 0 Å². The summed E-state index contributed by atoms with van der Waals surface area (Å²) in [7, 11) is 0. The van der Waals surface area contributed by atoms with Crippen molar-refractivity contribution < 1.29 is 119 Å². The highest BCUT2D eigenvalue weighted by molar-refractivity contribution is 5.99. The van der Waals surface area contributed by atoms with Crippen molar-refractivity contribution in [1.29, 1.82) is 0 Å². The van der Waals surface area contributed by atoms with E-state index in [2.05, 4.69) is 46.3 Å². The van der Waals surface area contributed by atoms with Crippen LogP contribution in [0, 0.1) is 17.8 Å². The molecule has 0 aliphatic heterocycles. The Bertz CT molecular complexity index is 4290. The summed E-state index contributed by atoms with van der Waals surface area (Å²) in [5.41, 5.74) is 4.91. The maximum absolute atomic E-state index is 12.7. The van der Waals surface area contributed by atoms with E-state index < -0.39 is 47.8 Å². The Morgan fingerprint density at radius 1 is 0.328 bits per heavy atom. The zero-order valence-electron chi connectivity index (χ0n) is 75.2. The largest absolute Gasteiger partial charge is 0.512 e. The second-order valence-electron chi connectivity index (χ2n) is 34.5. The molecule has 12 N–H and O–H groups in total. The second-order valence-corrected chi connectivity index (χ2v) is 34.5. The lowest BCUT2D eigenvalue weighted by molar-refractivity contribution is -0.142. The van der Waals surface area contributed by atoms with Gasteiger partial charge in [0.15, 0.2) is 17.3 Å². The summed E-state index contributed by atoms with van der Waals surface area (Å²) in [5, 5.41) is 114. The molecule has 4 aliphatic rings. The van der Waals surface area contributed by atoms with Crippen LogP contribution in [0.25, 0.3) is 0 Å². The average molecular weight is 1790 g/mol. The van der Waals surface area contributed by atoms with Crippen molar-refractivity contribution in [2.45, 2.75) is 245 Å². The van der Waals surface area contributed by atoms with Gasteiger partial charge < -0.3 is 66.0 Å². The fourth-order valence-electron chi connectivity index (χ4n) is 17.3. The summed E-state index contributed by atoms with van der Waals surface area (Å²) >= 11 is 0. The summed E-state index contributed by atoms with van der Waals surface area (Å²) in [6.45, 7) is 28.3. The number of hydrogen-bond donors (Lipinski definition) is 12. The van der Waals surface area contributed by atoms with Crippen LogP contribution in [0.3, 0.4) is 0 Å². The Labute approximate surface area is 748 Å². The van der Waals surface area contributed by atoms with E-state index in [1.165, 1.54) is 6.20 Å². The number of ketones is 3. The number of aliphatic carboxylic acids is 8. The van der Waals surface area contributed by atoms with Gasteiger partial charge in [-0.3, -0.25) is 112 Å². The minimum absolute atomic E-state index is 0.00491. The van der Waals surface area contributed by atoms with Gasteiger partial charge in [-0.1, -0.05) is 125 Å². The Balaban J connectivity index is 0.000000302. The number of carbonyl (C=O) groups excluding carboxylic acids is 3. The van der Waals surface area contributed by atoms with Crippen LogP contribution in [0.1, 0.15) is 218 Å². The molecule has 0 aromatic carbocycles. The van der Waals surface area contributed by atoms with Crippen molar-refractivity contribution in [3.05, 3.63) is 168 Å². The standard InChI is InChI=1S/C23H33N3O6.C23H35N3O6.2C23H33N3O6/c1-15(2)23(32)17-7-6-10-24-18(17)12-26(14-22(30)31)20-9-5-4-8-19(20)25(11-16(3)27)13-21(28)29;1-16(2)32-15-18-8-9-19(24-10-18)12-26(14-23(30)31)21-7-5-4-6-20(21)25(11-17(3)27)13-22(28)29;1-15(2)23(32)17-8-9-24-18(10-17)12-26(14-22(30)31)20-7-5-4-6-19(20)25(11-16(3)27)13-21(28)29;1-15(2)23(32)17-8-9-18(24-10-17)12-26(14-22(30)31)20-7-5-4-6-19(20)25(11-16(3)27)13-21(28)29/h6-7,10,15,19-20,27H,3-5,8-9,11-14H2,1-2H3,(H,28,29)(H,30,31);8-10,16,20-21,27H,3-7,11-15H2,1-2H3,(H,28,29)(H,30,31);2*8-10,15,19-20,27H,3-7,11-14H2,1-2H3,(H,28,29)(H,30,31)/t19?,20-;20?,21-;2*19?,20-/m0000/s1. The average Bonchev–Trinajstić information content (AvgIpc) is 0.817. The van der Waals surface area contributed by atoms with Crippen molar-refractivity contribution in [2.24, 2.45) is 17.8 Å². The summed E-state index contributed by atoms with van der Waals surface area (Å²) in [6.07, 6.45) is 19.2. The number of nitrogens with zero attached hydrogens (tertiary/aromatic N) is 12. The number of pyridine rings is 4. The number of aliphatic hydroxyl groups is 4. The number of aliphatic hydroxyl groups excluding tert-OH is 4. The van der Waals surface area contributed by atoms with Gasteiger partial charge in [0.05, 0.1) is 137 Å². The van der Waals surface area contributed by atoms with Crippen molar-refractivity contribution in [3.63, 3.8) is 0 Å². The maximum Gasteiger partial charge on any atom is 0.317 e. The third-order valence-electron chi connectivity index (χ3n) is 22.6. The predicted octanol–water partition coefficient (Wildman–Crippen LogP) is 10.4. The third kappa shape index (κ3) is 37.8. The van der Waals surface area contributed by atoms with Gasteiger partial charge in [0, 0.05) is 134 Å². The molecule has 8 rings (SSSR count). The van der Waals surface area contributed by atoms with E-state index in [4.69, 9.17) is 4.74 Å². The third-order valence-corrected chi connectivity index (χ3v) is 22.6. The minimum atomic E-state index is -1.03. The number of carbonyl (C=O) groups is 11. The SMILES string of the molecule is C=C(O)CN(CC(=O)O)C1CCCC[C@@H]1N(CC(=O)O)Cc1cc(C(=O)C(C)C)ccn1.C=C(O)CN(CC(=O)O)C1CCCC[C@@H]1N(CC(=O)O)Cc1ccc(C(=O)C(C)C)cn1.C=C(O)CN(CC(=O)O)C1CCCC[C@@H]1N(CC(=O)O)Cc1ccc(COC(C)C)cn1.C=C(O)CN(CC(=O)O)C1CCCC[C@@H]1N(CC(=O)O)Cc1ncccc1C(=O)C(C)C. The highest BCUT2D eigenvalue weighted by atomic mass is 16.5. The summed E-state index contributed by atoms with van der Waals surface area (Å²) in [6, 6.07) is 12.0. The molecule has 0 radical (unpaired) electrons. The molecule has 36 nitrogen and oxygen atoms in total. The summed E-state index contributed by atoms with van der Waals surface area (Å²) in [4.78, 5) is 161. The first kappa shape index (κ1) is 108. The Morgan fingerprint density at radius 2 is 0.625 bits per heavy atom. The molecular weight excluding hydrogens is 1660 g/mol. The molecule has 4 aliphatic carbocycles. The molecule has 0 spiro atoms. The first-order valence-electron chi connectivity index (χ1n) is 43.6. The van der Waals surface area contributed by atoms with Gasteiger partial charge >= 0.3 is 47.8 Å². The zero-order chi connectivity index (χ0) is 95.2. The fourth-order valence-corrected chi connectivity index (χ4v) is 17.3.